The van der Waals surface area contributed by atoms with Crippen LogP contribution in [0.15, 0.2) is 40.5 Å². The summed E-state index contributed by atoms with van der Waals surface area (Å²) in [6, 6.07) is 1.38. The Bertz CT molecular complexity index is 1250. The van der Waals surface area contributed by atoms with E-state index in [2.05, 4.69) is 10.5 Å². The number of nitrogens with zero attached hydrogens (tertiary/aromatic N) is 3. The fourth-order valence-electron chi connectivity index (χ4n) is 5.36. The van der Waals surface area contributed by atoms with E-state index in [1.807, 2.05) is 6.92 Å². The zero-order valence-electron chi connectivity index (χ0n) is 19.6. The van der Waals surface area contributed by atoms with E-state index < -0.39 is 40.3 Å². The van der Waals surface area contributed by atoms with Crippen LogP contribution in [0.1, 0.15) is 38.7 Å². The first kappa shape index (κ1) is 24.5. The number of aliphatic hydroxyl groups excluding tert-OH is 2. The monoisotopic (exact) mass is 522 g/mol. The number of carbonyl (C=O) groups is 2. The molecule has 0 aliphatic carbocycles. The minimum absolute atomic E-state index is 0.0118. The highest BCUT2D eigenvalue weighted by molar-refractivity contribution is 6.30. The van der Waals surface area contributed by atoms with Crippen molar-refractivity contribution >= 4 is 29.1 Å². The average Bonchev–Trinajstić information content (AvgIpc) is 3.06. The number of hydrogen-bond donors (Lipinski definition) is 3. The molecule has 4 aliphatic heterocycles. The number of fused-ring (bicyclic) bond motifs is 5. The lowest BCUT2D eigenvalue weighted by atomic mass is 9.81. The van der Waals surface area contributed by atoms with Crippen molar-refractivity contribution in [3.63, 3.8) is 0 Å². The number of benzene rings is 1. The molecule has 0 aromatic heterocycles. The Morgan fingerprint density at radius 3 is 2.83 bits per heavy atom. The molecule has 3 N–H and O–H groups in total. The molecule has 2 bridgehead atoms. The fourth-order valence-corrected chi connectivity index (χ4v) is 5.54. The van der Waals surface area contributed by atoms with Crippen molar-refractivity contribution in [2.45, 2.75) is 63.4 Å². The molecular weight excluding hydrogens is 498 g/mol. The van der Waals surface area contributed by atoms with Gasteiger partial charge in [0.2, 0.25) is 5.91 Å². The Labute approximate surface area is 210 Å². The molecule has 4 atom stereocenters. The number of piperazine rings is 1. The van der Waals surface area contributed by atoms with Crippen LogP contribution in [-0.2, 0) is 21.0 Å². The van der Waals surface area contributed by atoms with Crippen LogP contribution in [0.5, 0.6) is 0 Å². The van der Waals surface area contributed by atoms with Crippen molar-refractivity contribution in [2.75, 3.05) is 6.54 Å². The van der Waals surface area contributed by atoms with E-state index in [1.165, 1.54) is 17.2 Å². The van der Waals surface area contributed by atoms with Gasteiger partial charge in [0.15, 0.2) is 5.60 Å². The summed E-state index contributed by atoms with van der Waals surface area (Å²) in [6.07, 6.45) is 1.14. The van der Waals surface area contributed by atoms with Crippen molar-refractivity contribution in [2.24, 2.45) is 5.16 Å². The number of oxime groups is 1. The summed E-state index contributed by atoms with van der Waals surface area (Å²) < 4.78 is 27.7. The smallest absolute Gasteiger partial charge is 0.274 e. The first-order valence-corrected chi connectivity index (χ1v) is 12.0. The van der Waals surface area contributed by atoms with E-state index in [9.17, 15) is 28.6 Å². The van der Waals surface area contributed by atoms with E-state index in [1.54, 1.807) is 11.8 Å². The molecule has 9 nitrogen and oxygen atoms in total. The SMILES string of the molecule is CC1=NO[C@@]2(CC[C@H](C)N3C[C@H]2N2C=C(C(=O)NCc4ccc(F)c(Cl)c4F)CC(O)=C2C3=O)[C@H]1O. The van der Waals surface area contributed by atoms with Gasteiger partial charge in [0.1, 0.15) is 34.2 Å². The Morgan fingerprint density at radius 1 is 1.39 bits per heavy atom. The molecule has 5 rings (SSSR count). The number of rotatable bonds is 3. The van der Waals surface area contributed by atoms with Gasteiger partial charge in [0, 0.05) is 42.9 Å². The van der Waals surface area contributed by atoms with E-state index in [-0.39, 0.29) is 54.1 Å². The van der Waals surface area contributed by atoms with Gasteiger partial charge in [0.05, 0.1) is 11.8 Å². The maximum absolute atomic E-state index is 14.2. The van der Waals surface area contributed by atoms with Crippen LogP contribution in [-0.4, -0.2) is 67.9 Å². The maximum Gasteiger partial charge on any atom is 0.274 e. The van der Waals surface area contributed by atoms with Crippen LogP contribution in [0.25, 0.3) is 0 Å². The quantitative estimate of drug-likeness (QED) is 0.526. The Morgan fingerprint density at radius 2 is 2.14 bits per heavy atom. The van der Waals surface area contributed by atoms with Crippen molar-refractivity contribution < 1.29 is 33.4 Å². The van der Waals surface area contributed by atoms with E-state index in [0.717, 1.165) is 6.07 Å². The Hall–Kier alpha value is -3.18. The standard InChI is InChI=1S/C24H25ClF2N4O5/c1-11-5-6-24(21(33)12(2)29-36-24)17-10-30(11)23(35)20-16(32)7-14(9-31(17)20)22(34)28-8-13-3-4-15(26)18(25)19(13)27/h3-4,9,11,17,21,32-33H,5-8,10H2,1-2H3,(H,28,34)/t11-,17+,21-,24+/m0/s1. The average molecular weight is 523 g/mol. The van der Waals surface area contributed by atoms with Gasteiger partial charge in [0.25, 0.3) is 5.91 Å². The summed E-state index contributed by atoms with van der Waals surface area (Å²) >= 11 is 5.61. The van der Waals surface area contributed by atoms with Gasteiger partial charge in [-0.1, -0.05) is 22.8 Å². The minimum Gasteiger partial charge on any atom is -0.510 e. The molecule has 2 saturated heterocycles. The highest BCUT2D eigenvalue weighted by Gasteiger charge is 2.60. The van der Waals surface area contributed by atoms with E-state index in [4.69, 9.17) is 16.4 Å². The first-order chi connectivity index (χ1) is 17.0. The zero-order chi connectivity index (χ0) is 25.9. The number of halogens is 3. The minimum atomic E-state index is -1.18. The summed E-state index contributed by atoms with van der Waals surface area (Å²) in [5.74, 6) is -3.18. The molecule has 1 aromatic carbocycles. The molecule has 0 radical (unpaired) electrons. The van der Waals surface area contributed by atoms with Crippen molar-refractivity contribution in [1.29, 1.82) is 0 Å². The van der Waals surface area contributed by atoms with Crippen molar-refractivity contribution in [3.05, 3.63) is 57.6 Å². The third-order valence-corrected chi connectivity index (χ3v) is 7.81. The highest BCUT2D eigenvalue weighted by Crippen LogP contribution is 2.45. The van der Waals surface area contributed by atoms with Crippen LogP contribution in [0.2, 0.25) is 5.02 Å². The van der Waals surface area contributed by atoms with Gasteiger partial charge >= 0.3 is 0 Å². The van der Waals surface area contributed by atoms with Crippen molar-refractivity contribution in [1.82, 2.24) is 15.1 Å². The fraction of sp³-hybridized carbons (Fsp3) is 0.458. The molecule has 192 valence electrons. The molecule has 4 heterocycles. The van der Waals surface area contributed by atoms with Crippen LogP contribution >= 0.6 is 11.6 Å². The van der Waals surface area contributed by atoms with Gasteiger partial charge in [-0.3, -0.25) is 9.59 Å². The summed E-state index contributed by atoms with van der Waals surface area (Å²) in [5, 5.41) is 27.8. The lowest BCUT2D eigenvalue weighted by Crippen LogP contribution is -2.65. The number of allylic oxidation sites excluding steroid dienone is 1. The Balaban J connectivity index is 1.46. The first-order valence-electron chi connectivity index (χ1n) is 11.6. The van der Waals surface area contributed by atoms with Gasteiger partial charge in [-0.25, -0.2) is 8.78 Å². The predicted molar refractivity (Wildman–Crippen MR) is 125 cm³/mol. The van der Waals surface area contributed by atoms with E-state index >= 15 is 0 Å². The molecule has 1 aromatic rings. The summed E-state index contributed by atoms with van der Waals surface area (Å²) in [7, 11) is 0. The second-order valence-electron chi connectivity index (χ2n) is 9.59. The van der Waals surface area contributed by atoms with Gasteiger partial charge in [-0.05, 0) is 32.8 Å². The molecule has 12 heteroatoms. The third kappa shape index (κ3) is 3.64. The highest BCUT2D eigenvalue weighted by atomic mass is 35.5. The molecule has 2 fully saturated rings. The van der Waals surface area contributed by atoms with Crippen LogP contribution in [0, 0.1) is 11.6 Å². The lowest BCUT2D eigenvalue weighted by molar-refractivity contribution is -0.146. The number of amides is 2. The molecule has 0 saturated carbocycles. The third-order valence-electron chi connectivity index (χ3n) is 7.47. The van der Waals surface area contributed by atoms with Gasteiger partial charge < -0.3 is 30.2 Å². The molecule has 36 heavy (non-hydrogen) atoms. The number of aliphatic hydroxyl groups is 2. The molecular formula is C24H25ClF2N4O5. The topological polar surface area (TPSA) is 115 Å². The van der Waals surface area contributed by atoms with Gasteiger partial charge in [-0.2, -0.15) is 0 Å². The van der Waals surface area contributed by atoms with Crippen molar-refractivity contribution in [3.8, 4) is 0 Å². The summed E-state index contributed by atoms with van der Waals surface area (Å²) in [5.41, 5.74) is -0.650. The molecule has 0 unspecified atom stereocenters. The second kappa shape index (κ2) is 8.74. The number of nitrogens with one attached hydrogen (secondary N) is 1. The normalized spacial score (nSPS) is 29.5. The van der Waals surface area contributed by atoms with Gasteiger partial charge in [-0.15, -0.1) is 0 Å². The van der Waals surface area contributed by atoms with E-state index in [0.29, 0.717) is 18.6 Å². The molecule has 2 amide bonds. The largest absolute Gasteiger partial charge is 0.510 e. The zero-order valence-corrected chi connectivity index (χ0v) is 20.4. The summed E-state index contributed by atoms with van der Waals surface area (Å²) in [6.45, 7) is 3.47. The van der Waals surface area contributed by atoms with Crippen LogP contribution < -0.4 is 5.32 Å². The van der Waals surface area contributed by atoms with Crippen LogP contribution in [0.4, 0.5) is 8.78 Å². The molecule has 1 spiro atoms. The second-order valence-corrected chi connectivity index (χ2v) is 9.97. The number of hydrogen-bond acceptors (Lipinski definition) is 7. The maximum atomic E-state index is 14.2. The predicted octanol–water partition coefficient (Wildman–Crippen LogP) is 2.49. The molecule has 4 aliphatic rings. The van der Waals surface area contributed by atoms with Crippen LogP contribution in [0.3, 0.4) is 0 Å². The number of carbonyl (C=O) groups excluding carboxylic acids is 2. The lowest BCUT2D eigenvalue weighted by Gasteiger charge is -2.48. The Kier molecular flexibility index (Phi) is 5.95. The summed E-state index contributed by atoms with van der Waals surface area (Å²) in [4.78, 5) is 35.2.